The number of aromatic nitrogens is 4. The Kier molecular flexibility index (Phi) is 5.91. The summed E-state index contributed by atoms with van der Waals surface area (Å²) >= 11 is 0. The fourth-order valence-electron chi connectivity index (χ4n) is 12.0. The molecule has 5 heteroatoms. The summed E-state index contributed by atoms with van der Waals surface area (Å²) in [5.41, 5.74) is -5.37. The smallest absolute Gasteiger partial charge is 0.179 e. The zero-order valence-electron chi connectivity index (χ0n) is 73.0. The maximum absolute atomic E-state index is 10.7. The summed E-state index contributed by atoms with van der Waals surface area (Å²) in [6.07, 6.45) is 0. The minimum Gasteiger partial charge on any atom is -0.309 e. The third-order valence-electron chi connectivity index (χ3n) is 15.5. The predicted molar refractivity (Wildman–Crippen MR) is 353 cm³/mol. The first-order valence-electron chi connectivity index (χ1n) is 41.2. The Bertz CT molecular complexity index is 6970. The minimum atomic E-state index is -3.32. The predicted octanol–water partition coefficient (Wildman–Crippen LogP) is 17.1. The SMILES string of the molecule is [2H]c1c([2H])c([2H])c2c(c1[2H])c1c([2H])c(-n3c4c([2H])c([2H])c([2H])c([2H])c4c4c([2H])c([2H])c([2H])c([2H])c43)c([2H])c([2H])c1n2-c1cc(-c2ccc([Si](c3ccccc3)(c3ccccc3)c3ccccc3)cc2)cc(-n2c3c([2H])c([2H])c([2H])c([2H])c3c3c([2H])c([2H])c(-n4c5c([2H])c([2H])c([2H])c([2H])c5c5c([2H])c([2H])c([2H])c([2H])c54)c([2H])c32)c1. The number of para-hydroxylation sites is 6. The molecule has 0 unspecified atom stereocenters. The van der Waals surface area contributed by atoms with Crippen LogP contribution in [-0.4, -0.2) is 26.3 Å². The normalized spacial score (nSPS) is 17.2. The lowest BCUT2D eigenvalue weighted by Crippen LogP contribution is -2.74. The third-order valence-corrected chi connectivity index (χ3v) is 20.3. The van der Waals surface area contributed by atoms with E-state index in [-0.39, 0.29) is 16.9 Å². The van der Waals surface area contributed by atoms with Crippen molar-refractivity contribution < 1.29 is 41.1 Å². The van der Waals surface area contributed by atoms with E-state index in [1.54, 1.807) is 12.1 Å². The van der Waals surface area contributed by atoms with Crippen molar-refractivity contribution in [1.82, 2.24) is 18.3 Å². The highest BCUT2D eigenvalue weighted by Gasteiger charge is 2.41. The lowest BCUT2D eigenvalue weighted by atomic mass is 10.0. The fourth-order valence-corrected chi connectivity index (χ4v) is 16.8. The van der Waals surface area contributed by atoms with E-state index in [4.69, 9.17) is 12.3 Å². The Morgan fingerprint density at radius 1 is 0.229 bits per heavy atom. The largest absolute Gasteiger partial charge is 0.309 e. The molecule has 0 amide bonds. The Morgan fingerprint density at radius 2 is 0.542 bits per heavy atom. The Labute approximate surface area is 523 Å². The summed E-state index contributed by atoms with van der Waals surface area (Å²) in [4.78, 5) is 0. The number of nitrogens with zero attached hydrogens (tertiary/aromatic N) is 4. The van der Waals surface area contributed by atoms with E-state index in [9.17, 15) is 28.8 Å². The zero-order valence-corrected chi connectivity index (χ0v) is 44.0. The van der Waals surface area contributed by atoms with Gasteiger partial charge >= 0.3 is 0 Å². The van der Waals surface area contributed by atoms with Crippen LogP contribution in [-0.2, 0) is 0 Å². The Morgan fingerprint density at radius 3 is 0.964 bits per heavy atom. The topological polar surface area (TPSA) is 19.7 Å². The molecule has 83 heavy (non-hydrogen) atoms. The van der Waals surface area contributed by atoms with E-state index in [1.807, 2.05) is 66.7 Å². The van der Waals surface area contributed by atoms with E-state index in [1.165, 1.54) is 27.3 Å². The minimum absolute atomic E-state index is 0.167. The average molecular weight is 1100 g/mol. The number of hydrogen-bond acceptors (Lipinski definition) is 0. The summed E-state index contributed by atoms with van der Waals surface area (Å²) in [6.45, 7) is 0. The molecular formula is C78H52N4Si. The summed E-state index contributed by atoms with van der Waals surface area (Å²) in [7, 11) is -3.32. The van der Waals surface area contributed by atoms with Gasteiger partial charge in [-0.3, -0.25) is 0 Å². The van der Waals surface area contributed by atoms with Crippen LogP contribution in [0.15, 0.2) is 315 Å². The number of rotatable bonds is 9. The van der Waals surface area contributed by atoms with Gasteiger partial charge in [0.1, 0.15) is 0 Å². The molecule has 0 N–H and O–H groups in total. The lowest BCUT2D eigenvalue weighted by Gasteiger charge is -2.34. The molecule has 17 rings (SSSR count). The molecular weight excluding hydrogens is 1020 g/mol. The second kappa shape index (κ2) is 18.7. The molecule has 0 aliphatic heterocycles. The van der Waals surface area contributed by atoms with Crippen LogP contribution in [0.1, 0.15) is 41.1 Å². The van der Waals surface area contributed by atoms with Crippen molar-refractivity contribution in [3.63, 3.8) is 0 Å². The van der Waals surface area contributed by atoms with Gasteiger partial charge in [0.2, 0.25) is 0 Å². The van der Waals surface area contributed by atoms with Crippen LogP contribution >= 0.6 is 0 Å². The van der Waals surface area contributed by atoms with Crippen LogP contribution in [0.25, 0.3) is 121 Å². The van der Waals surface area contributed by atoms with Crippen LogP contribution < -0.4 is 20.7 Å². The molecule has 0 spiro atoms. The van der Waals surface area contributed by atoms with Crippen LogP contribution in [0.2, 0.25) is 0 Å². The second-order valence-electron chi connectivity index (χ2n) is 19.7. The number of fused-ring (bicyclic) bond motifs is 12. The van der Waals surface area contributed by atoms with Gasteiger partial charge in [0.15, 0.2) is 8.07 Å². The van der Waals surface area contributed by atoms with Gasteiger partial charge in [0.05, 0.1) is 85.3 Å². The molecule has 4 nitrogen and oxygen atoms in total. The maximum atomic E-state index is 10.7. The molecule has 17 aromatic rings. The van der Waals surface area contributed by atoms with Crippen LogP contribution in [0.3, 0.4) is 0 Å². The van der Waals surface area contributed by atoms with Gasteiger partial charge < -0.3 is 18.3 Å². The van der Waals surface area contributed by atoms with Crippen molar-refractivity contribution in [3.8, 4) is 33.9 Å². The van der Waals surface area contributed by atoms with Crippen molar-refractivity contribution in [3.05, 3.63) is 315 Å². The molecule has 0 saturated carbocycles. The van der Waals surface area contributed by atoms with Gasteiger partial charge in [-0.1, -0.05) is 230 Å². The first-order chi connectivity index (χ1) is 53.7. The fraction of sp³-hybridized carbons (Fsp3) is 0. The third kappa shape index (κ3) is 7.11. The monoisotopic (exact) mass is 1100 g/mol. The summed E-state index contributed by atoms with van der Waals surface area (Å²) in [6, 6.07) is 17.0. The van der Waals surface area contributed by atoms with Gasteiger partial charge in [-0.2, -0.15) is 0 Å². The molecule has 0 saturated heterocycles. The molecule has 4 aromatic heterocycles. The van der Waals surface area contributed by atoms with E-state index < -0.39 is 288 Å². The molecule has 388 valence electrons. The molecule has 0 bridgehead atoms. The first-order valence-corrected chi connectivity index (χ1v) is 28.2. The van der Waals surface area contributed by atoms with Gasteiger partial charge in [-0.15, -0.1) is 0 Å². The average Bonchev–Trinajstić information content (AvgIpc) is 1.55. The van der Waals surface area contributed by atoms with Gasteiger partial charge in [-0.05, 0) is 117 Å². The summed E-state index contributed by atoms with van der Waals surface area (Å²) < 4.78 is 288. The molecule has 0 radical (unpaired) electrons. The van der Waals surface area contributed by atoms with Crippen molar-refractivity contribution in [2.45, 2.75) is 0 Å². The number of benzene rings is 13. The van der Waals surface area contributed by atoms with Crippen LogP contribution in [0.5, 0.6) is 0 Å². The van der Waals surface area contributed by atoms with Crippen LogP contribution in [0, 0.1) is 0 Å². The van der Waals surface area contributed by atoms with E-state index >= 15 is 0 Å². The van der Waals surface area contributed by atoms with Crippen molar-refractivity contribution in [2.24, 2.45) is 0 Å². The van der Waals surface area contributed by atoms with E-state index in [0.717, 1.165) is 29.9 Å². The molecule has 0 aliphatic rings. The lowest BCUT2D eigenvalue weighted by molar-refractivity contribution is 1.13. The number of hydrogen-bond donors (Lipinski definition) is 0. The summed E-state index contributed by atoms with van der Waals surface area (Å²) in [5, 5.41) is 0.245. The molecule has 0 atom stereocenters. The highest BCUT2D eigenvalue weighted by Crippen LogP contribution is 2.41. The first kappa shape index (κ1) is 26.2. The second-order valence-corrected chi connectivity index (χ2v) is 23.6. The zero-order chi connectivity index (χ0) is 80.7. The summed E-state index contributed by atoms with van der Waals surface area (Å²) in [5.74, 6) is 0. The van der Waals surface area contributed by atoms with E-state index in [2.05, 4.69) is 36.4 Å². The Hall–Kier alpha value is -10.7. The van der Waals surface area contributed by atoms with Gasteiger partial charge in [0.25, 0.3) is 0 Å². The molecule has 0 fully saturated rings. The Balaban J connectivity index is 1.06. The van der Waals surface area contributed by atoms with Crippen molar-refractivity contribution in [1.29, 1.82) is 0 Å². The van der Waals surface area contributed by atoms with E-state index in [0.29, 0.717) is 5.56 Å². The highest BCUT2D eigenvalue weighted by atomic mass is 28.3. The standard InChI is InChI=1S/C78H52N4Si/c1-4-22-59(23-5-1)83(60-24-6-2-7-25-60,61-26-8-3-9-27-61)62-44-40-53(41-45-62)54-48-57(81-76-39-21-15-33-68(76)70-51-55(43-47-77(70)81)79-71-34-16-10-28-63(71)64-29-11-17-35-72(64)79)50-58(49-54)82-75-38-20-14-32-67(75)69-46-42-56(52-78(69)82)80-73-36-18-12-30-65(73)66-31-13-19-37-74(66)80/h1-52H/i10D,11D,12D,13D,14D,15D,16D,17D,18D,19D,20D,21D,28D,29D,30D,31D,32D,33D,34D,35D,36D,37D,38D,39D,42D,43D,46D,47D,51D,52D. The molecule has 13 aromatic carbocycles. The maximum Gasteiger partial charge on any atom is 0.179 e. The molecule has 4 heterocycles. The molecule has 0 aliphatic carbocycles. The van der Waals surface area contributed by atoms with Gasteiger partial charge in [0, 0.05) is 65.8 Å². The van der Waals surface area contributed by atoms with Crippen molar-refractivity contribution in [2.75, 3.05) is 0 Å². The van der Waals surface area contributed by atoms with Crippen molar-refractivity contribution >= 4 is 116 Å². The highest BCUT2D eigenvalue weighted by molar-refractivity contribution is 7.19. The van der Waals surface area contributed by atoms with Gasteiger partial charge in [-0.25, -0.2) is 0 Å². The quantitative estimate of drug-likeness (QED) is 0.101. The van der Waals surface area contributed by atoms with Crippen LogP contribution in [0.4, 0.5) is 0 Å².